The summed E-state index contributed by atoms with van der Waals surface area (Å²) in [6, 6.07) is 0. The number of alkyl halides is 6. The van der Waals surface area contributed by atoms with Gasteiger partial charge in [0.25, 0.3) is 10.7 Å². The van der Waals surface area contributed by atoms with Crippen molar-refractivity contribution in [3.05, 3.63) is 23.5 Å². The van der Waals surface area contributed by atoms with Crippen LogP contribution >= 0.6 is 34.8 Å². The molecule has 0 amide bonds. The maximum Gasteiger partial charge on any atom is 0.443 e. The molecule has 0 unspecified atom stereocenters. The lowest BCUT2D eigenvalue weighted by Gasteiger charge is -1.98. The minimum atomic E-state index is -4.93. The van der Waals surface area contributed by atoms with Crippen molar-refractivity contribution in [3.8, 4) is 0 Å². The fourth-order valence-corrected chi connectivity index (χ4v) is 0.474. The lowest BCUT2D eigenvalue weighted by Crippen LogP contribution is -2.06. The molecule has 0 bridgehead atoms. The first-order chi connectivity index (χ1) is 6.90. The molecule has 0 nitrogen and oxygen atoms in total. The van der Waals surface area contributed by atoms with Gasteiger partial charge in [0.2, 0.25) is 5.83 Å². The minimum Gasteiger partial charge on any atom is -0.203 e. The van der Waals surface area contributed by atoms with Gasteiger partial charge in [-0.3, -0.25) is 0 Å². The fourth-order valence-electron chi connectivity index (χ4n) is 0.186. The van der Waals surface area contributed by atoms with Crippen LogP contribution in [0.25, 0.3) is 0 Å². The smallest absolute Gasteiger partial charge is 0.203 e. The molecule has 96 valence electrons. The van der Waals surface area contributed by atoms with Crippen LogP contribution in [0.5, 0.6) is 0 Å². The van der Waals surface area contributed by atoms with E-state index in [0.29, 0.717) is 0 Å². The first-order valence-electron chi connectivity index (χ1n) is 3.04. The summed E-state index contributed by atoms with van der Waals surface area (Å²) < 4.78 is 74.6. The Bertz CT molecular complexity index is 258. The van der Waals surface area contributed by atoms with Gasteiger partial charge in [-0.1, -0.05) is 34.8 Å². The zero-order valence-electron chi connectivity index (χ0n) is 6.93. The largest absolute Gasteiger partial charge is 0.443 e. The Hall–Kier alpha value is -0.140. The molecule has 0 rings (SSSR count). The summed E-state index contributed by atoms with van der Waals surface area (Å²) in [6.45, 7) is 0. The molecule has 0 atom stereocenters. The summed E-state index contributed by atoms with van der Waals surface area (Å²) in [5, 5.41) is 0. The highest BCUT2D eigenvalue weighted by Gasteiger charge is 2.34. The van der Waals surface area contributed by atoms with Crippen LogP contribution in [-0.4, -0.2) is 10.8 Å². The van der Waals surface area contributed by atoms with Crippen LogP contribution in [0.2, 0.25) is 0 Å². The standard InChI is InChI=1S/C3HCl2F3.C3HClF4/c4-3(5,8)1-2(6)7;4-1-2(5)3(6,7)8/h2*1H. The first kappa shape index (κ1) is 18.2. The van der Waals surface area contributed by atoms with Crippen LogP contribution < -0.4 is 0 Å². The third-order valence-electron chi connectivity index (χ3n) is 0.639. The van der Waals surface area contributed by atoms with Gasteiger partial charge in [0.1, 0.15) is 0 Å². The monoisotopic (exact) mass is 312 g/mol. The van der Waals surface area contributed by atoms with E-state index >= 15 is 0 Å². The molecule has 0 aromatic heterocycles. The average Bonchev–Trinajstić information content (AvgIpc) is 1.97. The van der Waals surface area contributed by atoms with Crippen molar-refractivity contribution in [2.75, 3.05) is 0 Å². The molecule has 0 aliphatic rings. The molecule has 0 aliphatic heterocycles. The summed E-state index contributed by atoms with van der Waals surface area (Å²) in [4.78, 5) is 0. The number of rotatable bonds is 1. The lowest BCUT2D eigenvalue weighted by molar-refractivity contribution is -0.108. The fraction of sp³-hybridized carbons (Fsp3) is 0.333. The molecule has 0 heterocycles. The number of halogens is 10. The van der Waals surface area contributed by atoms with Crippen LogP contribution in [-0.2, 0) is 0 Å². The zero-order chi connectivity index (χ0) is 13.6. The Balaban J connectivity index is 0. The van der Waals surface area contributed by atoms with Crippen LogP contribution in [0.1, 0.15) is 0 Å². The summed E-state index contributed by atoms with van der Waals surface area (Å²) in [6.07, 6.45) is -7.37. The number of hydrogen-bond acceptors (Lipinski definition) is 0. The Morgan fingerprint density at radius 1 is 0.938 bits per heavy atom. The Morgan fingerprint density at radius 2 is 1.31 bits per heavy atom. The quantitative estimate of drug-likeness (QED) is 0.445. The van der Waals surface area contributed by atoms with E-state index in [4.69, 9.17) is 0 Å². The average molecular weight is 313 g/mol. The van der Waals surface area contributed by atoms with Crippen molar-refractivity contribution in [2.24, 2.45) is 0 Å². The van der Waals surface area contributed by atoms with E-state index in [-0.39, 0.29) is 11.6 Å². The van der Waals surface area contributed by atoms with Gasteiger partial charge in [-0.25, -0.2) is 8.78 Å². The molecule has 0 aromatic carbocycles. The molecule has 0 fully saturated rings. The van der Waals surface area contributed by atoms with Crippen LogP contribution in [0.4, 0.5) is 30.7 Å². The molecule has 0 spiro atoms. The summed E-state index contributed by atoms with van der Waals surface area (Å²) in [5.74, 6) is -2.28. The van der Waals surface area contributed by atoms with Crippen molar-refractivity contribution in [1.82, 2.24) is 0 Å². The molecule has 0 saturated heterocycles. The van der Waals surface area contributed by atoms with E-state index in [1.54, 1.807) is 0 Å². The van der Waals surface area contributed by atoms with Crippen LogP contribution in [0.15, 0.2) is 23.5 Å². The molecule has 10 heteroatoms. The van der Waals surface area contributed by atoms with Gasteiger partial charge in [-0.05, 0) is 0 Å². The maximum absolute atomic E-state index is 11.6. The molecule has 0 N–H and O–H groups in total. The normalized spacial score (nSPS) is 12.8. The first-order valence-corrected chi connectivity index (χ1v) is 4.23. The molecule has 0 saturated carbocycles. The second-order valence-corrected chi connectivity index (χ2v) is 3.44. The predicted molar refractivity (Wildman–Crippen MR) is 46.9 cm³/mol. The van der Waals surface area contributed by atoms with Gasteiger partial charge >= 0.3 is 6.18 Å². The van der Waals surface area contributed by atoms with Gasteiger partial charge in [0.15, 0.2) is 0 Å². The summed E-state index contributed by atoms with van der Waals surface area (Å²) >= 11 is 13.3. The lowest BCUT2D eigenvalue weighted by atomic mass is 10.6. The Labute approximate surface area is 100 Å². The van der Waals surface area contributed by atoms with E-state index in [1.807, 2.05) is 0 Å². The maximum atomic E-state index is 11.6. The molecule has 16 heavy (non-hydrogen) atoms. The van der Waals surface area contributed by atoms with E-state index in [9.17, 15) is 30.7 Å². The minimum absolute atomic E-state index is 0.153. The molecular formula is C6H2Cl3F7. The van der Waals surface area contributed by atoms with Crippen molar-refractivity contribution >= 4 is 34.8 Å². The van der Waals surface area contributed by atoms with E-state index in [2.05, 4.69) is 34.8 Å². The van der Waals surface area contributed by atoms with Crippen molar-refractivity contribution < 1.29 is 30.7 Å². The van der Waals surface area contributed by atoms with E-state index < -0.39 is 22.7 Å². The van der Waals surface area contributed by atoms with Crippen molar-refractivity contribution in [2.45, 2.75) is 10.8 Å². The summed E-state index contributed by atoms with van der Waals surface area (Å²) in [7, 11) is 0. The molecule has 0 radical (unpaired) electrons. The van der Waals surface area contributed by atoms with E-state index in [0.717, 1.165) is 0 Å². The van der Waals surface area contributed by atoms with E-state index in [1.165, 1.54) is 0 Å². The molecule has 0 aliphatic carbocycles. The Morgan fingerprint density at radius 3 is 1.31 bits per heavy atom. The van der Waals surface area contributed by atoms with Gasteiger partial charge in [0, 0.05) is 11.6 Å². The predicted octanol–water partition coefficient (Wildman–Crippen LogP) is 5.47. The number of hydrogen-bond donors (Lipinski definition) is 0. The SMILES string of the molecule is FC(=CCl)C(F)(F)F.FC(F)=CC(F)(Cl)Cl. The highest BCUT2D eigenvalue weighted by Crippen LogP contribution is 2.26. The second-order valence-electron chi connectivity index (χ2n) is 1.93. The van der Waals surface area contributed by atoms with Gasteiger partial charge in [-0.15, -0.1) is 0 Å². The molecular weight excluding hydrogens is 311 g/mol. The second kappa shape index (κ2) is 7.24. The van der Waals surface area contributed by atoms with Gasteiger partial charge in [-0.2, -0.15) is 22.0 Å². The third kappa shape index (κ3) is 13.9. The van der Waals surface area contributed by atoms with Crippen LogP contribution in [0.3, 0.4) is 0 Å². The van der Waals surface area contributed by atoms with Gasteiger partial charge in [0.05, 0.1) is 0 Å². The summed E-state index contributed by atoms with van der Waals surface area (Å²) in [5.41, 5.74) is -0.153. The number of allylic oxidation sites excluding steroid dienone is 2. The highest BCUT2D eigenvalue weighted by atomic mass is 35.5. The Kier molecular flexibility index (Phi) is 8.25. The topological polar surface area (TPSA) is 0 Å². The third-order valence-corrected chi connectivity index (χ3v) is 1.05. The highest BCUT2D eigenvalue weighted by molar-refractivity contribution is 6.48. The van der Waals surface area contributed by atoms with Crippen LogP contribution in [0, 0.1) is 0 Å². The van der Waals surface area contributed by atoms with Crippen molar-refractivity contribution in [3.63, 3.8) is 0 Å². The molecule has 0 aromatic rings. The zero-order valence-corrected chi connectivity index (χ0v) is 9.20. The van der Waals surface area contributed by atoms with Gasteiger partial charge < -0.3 is 0 Å². The van der Waals surface area contributed by atoms with Crippen molar-refractivity contribution in [1.29, 1.82) is 0 Å².